The minimum atomic E-state index is 0.710. The summed E-state index contributed by atoms with van der Waals surface area (Å²) in [5.74, 6) is 0.710. The molecule has 0 fully saturated rings. The van der Waals surface area contributed by atoms with Gasteiger partial charge in [-0.1, -0.05) is 82.7 Å². The summed E-state index contributed by atoms with van der Waals surface area (Å²) in [4.78, 5) is 14.3. The van der Waals surface area contributed by atoms with Crippen molar-refractivity contribution in [1.29, 1.82) is 0 Å². The van der Waals surface area contributed by atoms with E-state index in [0.717, 1.165) is 43.7 Å². The van der Waals surface area contributed by atoms with Crippen molar-refractivity contribution in [3.63, 3.8) is 0 Å². The Morgan fingerprint density at radius 3 is 2.16 bits per heavy atom. The van der Waals surface area contributed by atoms with Crippen molar-refractivity contribution in [2.45, 2.75) is 0 Å². The van der Waals surface area contributed by atoms with Crippen LogP contribution in [0.2, 0.25) is 0 Å². The smallest absolute Gasteiger partial charge is 0.160 e. The molecule has 7 rings (SSSR count). The van der Waals surface area contributed by atoms with E-state index in [1.165, 1.54) is 20.2 Å². The predicted octanol–water partition coefficient (Wildman–Crippen LogP) is 9.67. The summed E-state index contributed by atoms with van der Waals surface area (Å²) in [7, 11) is 0. The van der Waals surface area contributed by atoms with Crippen LogP contribution in [0.15, 0.2) is 126 Å². The Labute approximate surface area is 232 Å². The fourth-order valence-electron chi connectivity index (χ4n) is 4.85. The Kier molecular flexibility index (Phi) is 5.80. The second kappa shape index (κ2) is 9.60. The van der Waals surface area contributed by atoms with Crippen LogP contribution in [0.3, 0.4) is 0 Å². The average molecular weight is 571 g/mol. The number of thiophene rings is 1. The minimum Gasteiger partial charge on any atom is -0.265 e. The molecule has 0 aliphatic heterocycles. The number of pyridine rings is 1. The molecule has 3 nitrogen and oxygen atoms in total. The molecule has 180 valence electrons. The molecule has 0 amide bonds. The third-order valence-electron chi connectivity index (χ3n) is 6.65. The predicted molar refractivity (Wildman–Crippen MR) is 162 cm³/mol. The highest BCUT2D eigenvalue weighted by Crippen LogP contribution is 2.40. The Morgan fingerprint density at radius 1 is 0.553 bits per heavy atom. The standard InChI is InChI=1S/C33H20BrN3S/c34-25-18-23(21-13-15-35-16-14-21)17-24(19-25)29-20-30(37-33(36-29)22-7-2-1-3-8-22)28-11-6-10-27-26-9-4-5-12-31(26)38-32(27)28/h1-20H. The van der Waals surface area contributed by atoms with Crippen LogP contribution >= 0.6 is 27.3 Å². The summed E-state index contributed by atoms with van der Waals surface area (Å²) >= 11 is 5.54. The van der Waals surface area contributed by atoms with Crippen molar-refractivity contribution in [2.24, 2.45) is 0 Å². The molecule has 0 aliphatic rings. The number of rotatable bonds is 4. The third-order valence-corrected chi connectivity index (χ3v) is 8.32. The van der Waals surface area contributed by atoms with Crippen LogP contribution in [0.1, 0.15) is 0 Å². The molecule has 0 saturated carbocycles. The summed E-state index contributed by atoms with van der Waals surface area (Å²) in [5.41, 5.74) is 7.13. The number of benzene rings is 4. The maximum Gasteiger partial charge on any atom is 0.160 e. The zero-order valence-corrected chi connectivity index (χ0v) is 22.6. The highest BCUT2D eigenvalue weighted by atomic mass is 79.9. The molecule has 0 unspecified atom stereocenters. The van der Waals surface area contributed by atoms with Crippen molar-refractivity contribution < 1.29 is 0 Å². The minimum absolute atomic E-state index is 0.710. The van der Waals surface area contributed by atoms with Gasteiger partial charge in [0.15, 0.2) is 5.82 Å². The van der Waals surface area contributed by atoms with E-state index in [0.29, 0.717) is 5.82 Å². The first-order valence-corrected chi connectivity index (χ1v) is 13.9. The second-order valence-corrected chi connectivity index (χ2v) is 11.0. The molecular formula is C33H20BrN3S. The van der Waals surface area contributed by atoms with Crippen LogP contribution in [0, 0.1) is 0 Å². The van der Waals surface area contributed by atoms with Crippen molar-refractivity contribution in [2.75, 3.05) is 0 Å². The number of hydrogen-bond acceptors (Lipinski definition) is 4. The summed E-state index contributed by atoms with van der Waals surface area (Å²) < 4.78 is 3.51. The Bertz CT molecular complexity index is 1930. The van der Waals surface area contributed by atoms with E-state index in [1.807, 2.05) is 54.1 Å². The molecule has 7 aromatic rings. The van der Waals surface area contributed by atoms with Gasteiger partial charge in [0, 0.05) is 53.7 Å². The summed E-state index contributed by atoms with van der Waals surface area (Å²) in [6.45, 7) is 0. The van der Waals surface area contributed by atoms with Crippen molar-refractivity contribution >= 4 is 47.4 Å². The lowest BCUT2D eigenvalue weighted by molar-refractivity contribution is 1.18. The summed E-state index contributed by atoms with van der Waals surface area (Å²) in [5, 5.41) is 2.54. The summed E-state index contributed by atoms with van der Waals surface area (Å²) in [6, 6.07) is 37.9. The van der Waals surface area contributed by atoms with Crippen LogP contribution in [0.25, 0.3) is 65.2 Å². The van der Waals surface area contributed by atoms with E-state index >= 15 is 0 Å². The van der Waals surface area contributed by atoms with Gasteiger partial charge in [0.05, 0.1) is 11.4 Å². The number of fused-ring (bicyclic) bond motifs is 3. The number of aromatic nitrogens is 3. The van der Waals surface area contributed by atoms with Gasteiger partial charge in [0.25, 0.3) is 0 Å². The monoisotopic (exact) mass is 569 g/mol. The lowest BCUT2D eigenvalue weighted by Crippen LogP contribution is -1.96. The van der Waals surface area contributed by atoms with E-state index in [9.17, 15) is 0 Å². The highest BCUT2D eigenvalue weighted by Gasteiger charge is 2.16. The van der Waals surface area contributed by atoms with Crippen LogP contribution in [0.4, 0.5) is 0 Å². The van der Waals surface area contributed by atoms with Crippen molar-refractivity contribution in [3.8, 4) is 45.0 Å². The quantitative estimate of drug-likeness (QED) is 0.212. The van der Waals surface area contributed by atoms with E-state index in [1.54, 1.807) is 0 Å². The topological polar surface area (TPSA) is 38.7 Å². The Hall–Kier alpha value is -4.19. The summed E-state index contributed by atoms with van der Waals surface area (Å²) in [6.07, 6.45) is 3.63. The van der Waals surface area contributed by atoms with Gasteiger partial charge in [0.1, 0.15) is 0 Å². The molecule has 3 aromatic heterocycles. The molecule has 0 bridgehead atoms. The van der Waals surface area contributed by atoms with Gasteiger partial charge in [0.2, 0.25) is 0 Å². The number of hydrogen-bond donors (Lipinski definition) is 0. The van der Waals surface area contributed by atoms with Gasteiger partial charge < -0.3 is 0 Å². The molecule has 0 radical (unpaired) electrons. The Morgan fingerprint density at radius 2 is 1.29 bits per heavy atom. The fourth-order valence-corrected chi connectivity index (χ4v) is 6.57. The lowest BCUT2D eigenvalue weighted by Gasteiger charge is -2.12. The third kappa shape index (κ3) is 4.20. The number of nitrogens with zero attached hydrogens (tertiary/aromatic N) is 3. The van der Waals surface area contributed by atoms with E-state index in [2.05, 4.69) is 99.8 Å². The molecule has 0 aliphatic carbocycles. The SMILES string of the molecule is Brc1cc(-c2ccncc2)cc(-c2cc(-c3cccc4c3sc3ccccc34)nc(-c3ccccc3)n2)c1. The zero-order valence-electron chi connectivity index (χ0n) is 20.2. The van der Waals surface area contributed by atoms with Crippen molar-refractivity contribution in [1.82, 2.24) is 15.0 Å². The first-order valence-electron chi connectivity index (χ1n) is 12.3. The van der Waals surface area contributed by atoms with Gasteiger partial charge in [-0.25, -0.2) is 9.97 Å². The first kappa shape index (κ1) is 23.0. The average Bonchev–Trinajstić information content (AvgIpc) is 3.36. The molecule has 4 aromatic carbocycles. The van der Waals surface area contributed by atoms with Crippen LogP contribution in [-0.4, -0.2) is 15.0 Å². The molecule has 0 atom stereocenters. The molecular weight excluding hydrogens is 550 g/mol. The lowest BCUT2D eigenvalue weighted by atomic mass is 10.0. The molecule has 3 heterocycles. The Balaban J connectivity index is 1.47. The molecule has 0 spiro atoms. The maximum absolute atomic E-state index is 5.10. The van der Waals surface area contributed by atoms with Crippen molar-refractivity contribution in [3.05, 3.63) is 126 Å². The zero-order chi connectivity index (χ0) is 25.5. The van der Waals surface area contributed by atoms with Crippen LogP contribution < -0.4 is 0 Å². The van der Waals surface area contributed by atoms with Crippen LogP contribution in [-0.2, 0) is 0 Å². The molecule has 0 saturated heterocycles. The van der Waals surface area contributed by atoms with Gasteiger partial charge in [-0.3, -0.25) is 4.98 Å². The molecule has 5 heteroatoms. The van der Waals surface area contributed by atoms with Gasteiger partial charge >= 0.3 is 0 Å². The van der Waals surface area contributed by atoms with E-state index in [-0.39, 0.29) is 0 Å². The largest absolute Gasteiger partial charge is 0.265 e. The van der Waals surface area contributed by atoms with Gasteiger partial charge in [-0.05, 0) is 53.6 Å². The maximum atomic E-state index is 5.10. The molecule has 38 heavy (non-hydrogen) atoms. The highest BCUT2D eigenvalue weighted by molar-refractivity contribution is 9.10. The number of halogens is 1. The first-order chi connectivity index (χ1) is 18.7. The second-order valence-electron chi connectivity index (χ2n) is 9.07. The van der Waals surface area contributed by atoms with Gasteiger partial charge in [-0.2, -0.15) is 0 Å². The van der Waals surface area contributed by atoms with Gasteiger partial charge in [-0.15, -0.1) is 11.3 Å². The fraction of sp³-hybridized carbons (Fsp3) is 0. The molecule has 0 N–H and O–H groups in total. The normalized spacial score (nSPS) is 11.3. The van der Waals surface area contributed by atoms with Crippen LogP contribution in [0.5, 0.6) is 0 Å². The van der Waals surface area contributed by atoms with E-state index < -0.39 is 0 Å². The van der Waals surface area contributed by atoms with E-state index in [4.69, 9.17) is 9.97 Å².